The topological polar surface area (TPSA) is 67.3 Å². The zero-order valence-electron chi connectivity index (χ0n) is 9.72. The summed E-state index contributed by atoms with van der Waals surface area (Å²) < 4.78 is 29.9. The van der Waals surface area contributed by atoms with Crippen LogP contribution in [0.5, 0.6) is 0 Å². The molecule has 2 rings (SSSR count). The van der Waals surface area contributed by atoms with E-state index in [9.17, 15) is 8.42 Å². The Hall–Kier alpha value is -1.43. The van der Waals surface area contributed by atoms with Gasteiger partial charge in [-0.05, 0) is 30.7 Å². The van der Waals surface area contributed by atoms with Crippen molar-refractivity contribution >= 4 is 22.5 Å². The summed E-state index contributed by atoms with van der Waals surface area (Å²) in [5.74, 6) is 0. The molecule has 0 amide bonds. The summed E-state index contributed by atoms with van der Waals surface area (Å²) in [6.07, 6.45) is 3.50. The largest absolute Gasteiger partial charge is 0.294 e. The van der Waals surface area contributed by atoms with Crippen LogP contribution in [-0.2, 0) is 10.1 Å². The highest BCUT2D eigenvalue weighted by atomic mass is 35.5. The molecule has 98 valence electrons. The molecular formula is C12H14ClNO3S. The molecule has 4 nitrogen and oxygen atoms in total. The zero-order valence-corrected chi connectivity index (χ0v) is 11.4. The molecule has 0 unspecified atom stereocenters. The van der Waals surface area contributed by atoms with E-state index in [4.69, 9.17) is 4.55 Å². The van der Waals surface area contributed by atoms with Crippen LogP contribution in [0.15, 0.2) is 59.8 Å². The predicted molar refractivity (Wildman–Crippen MR) is 72.5 cm³/mol. The van der Waals surface area contributed by atoms with E-state index in [1.165, 1.54) is 6.07 Å². The van der Waals surface area contributed by atoms with E-state index < -0.39 is 10.1 Å². The highest BCUT2D eigenvalue weighted by molar-refractivity contribution is 7.85. The summed E-state index contributed by atoms with van der Waals surface area (Å²) in [6.45, 7) is 1.63. The molecule has 0 aliphatic carbocycles. The molecule has 1 N–H and O–H groups in total. The Balaban J connectivity index is 0.000000352. The zero-order chi connectivity index (χ0) is 12.7. The van der Waals surface area contributed by atoms with Crippen LogP contribution in [0.4, 0.5) is 0 Å². The van der Waals surface area contributed by atoms with E-state index in [0.29, 0.717) is 5.56 Å². The molecule has 0 radical (unpaired) electrons. The Bertz CT molecular complexity index is 532. The van der Waals surface area contributed by atoms with E-state index in [1.54, 1.807) is 37.5 Å². The molecule has 6 heteroatoms. The van der Waals surface area contributed by atoms with Gasteiger partial charge in [0.15, 0.2) is 0 Å². The number of hydrogen-bond acceptors (Lipinski definition) is 3. The number of benzene rings is 1. The molecule has 0 bridgehead atoms. The van der Waals surface area contributed by atoms with Crippen LogP contribution in [-0.4, -0.2) is 18.0 Å². The molecule has 0 spiro atoms. The minimum absolute atomic E-state index is 0. The molecule has 0 atom stereocenters. The van der Waals surface area contributed by atoms with E-state index in [2.05, 4.69) is 4.98 Å². The van der Waals surface area contributed by atoms with Crippen molar-refractivity contribution in [1.82, 2.24) is 4.98 Å². The second-order valence-electron chi connectivity index (χ2n) is 3.27. The lowest BCUT2D eigenvalue weighted by atomic mass is 10.2. The van der Waals surface area contributed by atoms with Crippen molar-refractivity contribution < 1.29 is 13.0 Å². The third-order valence-corrected chi connectivity index (χ3v) is 2.95. The molecule has 0 saturated heterocycles. The Morgan fingerprint density at radius 2 is 1.56 bits per heavy atom. The Labute approximate surface area is 113 Å². The van der Waals surface area contributed by atoms with Crippen LogP contribution in [0.3, 0.4) is 0 Å². The molecule has 0 fully saturated rings. The highest BCUT2D eigenvalue weighted by Crippen LogP contribution is 2.12. The molecule has 0 aliphatic heterocycles. The van der Waals surface area contributed by atoms with Crippen molar-refractivity contribution in [2.75, 3.05) is 0 Å². The third-order valence-electron chi connectivity index (χ3n) is 1.94. The van der Waals surface area contributed by atoms with Crippen LogP contribution < -0.4 is 0 Å². The fraction of sp³-hybridized carbons (Fsp3) is 0.0833. The SMILES string of the molecule is Cc1ccccc1S(=O)(=O)O.Cl.c1ccncc1. The van der Waals surface area contributed by atoms with Crippen LogP contribution in [0.2, 0.25) is 0 Å². The van der Waals surface area contributed by atoms with Gasteiger partial charge in [0, 0.05) is 12.4 Å². The van der Waals surface area contributed by atoms with Gasteiger partial charge in [-0.25, -0.2) is 0 Å². The van der Waals surface area contributed by atoms with Gasteiger partial charge in [0.25, 0.3) is 10.1 Å². The van der Waals surface area contributed by atoms with Gasteiger partial charge < -0.3 is 0 Å². The first kappa shape index (κ1) is 16.6. The third kappa shape index (κ3) is 5.77. The van der Waals surface area contributed by atoms with Crippen LogP contribution in [0.25, 0.3) is 0 Å². The lowest BCUT2D eigenvalue weighted by Gasteiger charge is -1.99. The van der Waals surface area contributed by atoms with E-state index in [1.807, 2.05) is 18.2 Å². The molecule has 1 heterocycles. The van der Waals surface area contributed by atoms with Gasteiger partial charge in [0.2, 0.25) is 0 Å². The number of aromatic nitrogens is 1. The summed E-state index contributed by atoms with van der Waals surface area (Å²) >= 11 is 0. The van der Waals surface area contributed by atoms with Crippen molar-refractivity contribution in [3.05, 3.63) is 60.4 Å². The highest BCUT2D eigenvalue weighted by Gasteiger charge is 2.10. The van der Waals surface area contributed by atoms with Gasteiger partial charge in [0.1, 0.15) is 0 Å². The van der Waals surface area contributed by atoms with Crippen molar-refractivity contribution in [2.45, 2.75) is 11.8 Å². The summed E-state index contributed by atoms with van der Waals surface area (Å²) in [5, 5.41) is 0. The first-order valence-corrected chi connectivity index (χ1v) is 6.34. The number of nitrogens with zero attached hydrogens (tertiary/aromatic N) is 1. The van der Waals surface area contributed by atoms with Crippen LogP contribution >= 0.6 is 12.4 Å². The maximum atomic E-state index is 10.6. The predicted octanol–water partition coefficient (Wildman–Crippen LogP) is 2.75. The van der Waals surface area contributed by atoms with Gasteiger partial charge in [-0.3, -0.25) is 9.54 Å². The Morgan fingerprint density at radius 3 is 1.83 bits per heavy atom. The summed E-state index contributed by atoms with van der Waals surface area (Å²) in [7, 11) is -4.03. The maximum Gasteiger partial charge on any atom is 0.294 e. The fourth-order valence-electron chi connectivity index (χ4n) is 1.16. The van der Waals surface area contributed by atoms with Gasteiger partial charge >= 0.3 is 0 Å². The van der Waals surface area contributed by atoms with Crippen LogP contribution in [0, 0.1) is 6.92 Å². The lowest BCUT2D eigenvalue weighted by molar-refractivity contribution is 0.482. The average molecular weight is 288 g/mol. The molecule has 0 saturated carbocycles. The van der Waals surface area contributed by atoms with Gasteiger partial charge in [-0.1, -0.05) is 24.3 Å². The average Bonchev–Trinajstić information content (AvgIpc) is 2.31. The van der Waals surface area contributed by atoms with Crippen molar-refractivity contribution in [3.63, 3.8) is 0 Å². The number of aryl methyl sites for hydroxylation is 1. The van der Waals surface area contributed by atoms with Gasteiger partial charge in [-0.2, -0.15) is 8.42 Å². The summed E-state index contributed by atoms with van der Waals surface area (Å²) in [5.41, 5.74) is 0.551. The Kier molecular flexibility index (Phi) is 7.19. The minimum atomic E-state index is -4.03. The van der Waals surface area contributed by atoms with Gasteiger partial charge in [-0.15, -0.1) is 12.4 Å². The molecule has 18 heavy (non-hydrogen) atoms. The molecule has 1 aromatic carbocycles. The van der Waals surface area contributed by atoms with Gasteiger partial charge in [0.05, 0.1) is 4.90 Å². The lowest BCUT2D eigenvalue weighted by Crippen LogP contribution is -1.99. The first-order chi connectivity index (χ1) is 8.02. The quantitative estimate of drug-likeness (QED) is 0.819. The summed E-state index contributed by atoms with van der Waals surface area (Å²) in [4.78, 5) is 3.76. The fourth-order valence-corrected chi connectivity index (χ4v) is 1.88. The molecular weight excluding hydrogens is 274 g/mol. The number of pyridine rings is 1. The standard InChI is InChI=1S/C7H8O3S.C5H5N.ClH/c1-6-4-2-3-5-7(6)11(8,9)10;1-2-4-6-5-3-1;/h2-5H,1H3,(H,8,9,10);1-5H;1H. The van der Waals surface area contributed by atoms with Crippen molar-refractivity contribution in [1.29, 1.82) is 0 Å². The number of hydrogen-bond donors (Lipinski definition) is 1. The monoisotopic (exact) mass is 287 g/mol. The van der Waals surface area contributed by atoms with Crippen molar-refractivity contribution in [2.24, 2.45) is 0 Å². The van der Waals surface area contributed by atoms with E-state index in [-0.39, 0.29) is 17.3 Å². The summed E-state index contributed by atoms with van der Waals surface area (Å²) in [6, 6.07) is 12.0. The van der Waals surface area contributed by atoms with E-state index in [0.717, 1.165) is 0 Å². The number of halogens is 1. The molecule has 1 aromatic heterocycles. The molecule has 2 aromatic rings. The Morgan fingerprint density at radius 1 is 1.00 bits per heavy atom. The minimum Gasteiger partial charge on any atom is -0.282 e. The van der Waals surface area contributed by atoms with E-state index >= 15 is 0 Å². The van der Waals surface area contributed by atoms with Crippen LogP contribution in [0.1, 0.15) is 5.56 Å². The maximum absolute atomic E-state index is 10.6. The normalized spacial score (nSPS) is 9.67. The number of rotatable bonds is 1. The second-order valence-corrected chi connectivity index (χ2v) is 4.66. The first-order valence-electron chi connectivity index (χ1n) is 4.90. The second kappa shape index (κ2) is 7.81. The van der Waals surface area contributed by atoms with Crippen molar-refractivity contribution in [3.8, 4) is 0 Å². The molecule has 0 aliphatic rings. The smallest absolute Gasteiger partial charge is 0.282 e.